The molecule has 1 aliphatic heterocycles. The average molecular weight is 795 g/mol. The third-order valence-corrected chi connectivity index (χ3v) is 9.42. The van der Waals surface area contributed by atoms with Crippen molar-refractivity contribution in [2.75, 3.05) is 6.61 Å². The summed E-state index contributed by atoms with van der Waals surface area (Å²) in [6.07, 6.45) is 1.63. The average Bonchev–Trinajstić information content (AvgIpc) is 3.26. The van der Waals surface area contributed by atoms with Crippen LogP contribution in [0.15, 0.2) is 84.6 Å². The minimum absolute atomic E-state index is 0.130. The summed E-state index contributed by atoms with van der Waals surface area (Å²) in [4.78, 5) is 32.8. The first-order valence-electron chi connectivity index (χ1n) is 14.0. The second-order valence-corrected chi connectivity index (χ2v) is 14.0. The first kappa shape index (κ1) is 33.5. The Bertz CT molecular complexity index is 2000. The van der Waals surface area contributed by atoms with E-state index in [2.05, 4.69) is 31.9 Å². The second-order valence-electron chi connectivity index (χ2n) is 10.3. The molecule has 7 nitrogen and oxygen atoms in total. The highest BCUT2D eigenvalue weighted by molar-refractivity contribution is 9.11. The summed E-state index contributed by atoms with van der Waals surface area (Å²) < 4.78 is 21.2. The van der Waals surface area contributed by atoms with Gasteiger partial charge in [-0.3, -0.25) is 9.36 Å². The normalized spacial score (nSPS) is 14.8. The minimum Gasteiger partial charge on any atom is -0.491 e. The van der Waals surface area contributed by atoms with Gasteiger partial charge in [0.15, 0.2) is 4.80 Å². The molecule has 0 saturated heterocycles. The number of ether oxygens (including phenoxy) is 3. The van der Waals surface area contributed by atoms with E-state index in [1.165, 1.54) is 11.3 Å². The van der Waals surface area contributed by atoms with Crippen LogP contribution in [-0.4, -0.2) is 23.2 Å². The third kappa shape index (κ3) is 7.25. The molecule has 234 valence electrons. The number of para-hydroxylation sites is 1. The van der Waals surface area contributed by atoms with Crippen molar-refractivity contribution in [3.8, 4) is 11.5 Å². The molecule has 0 bridgehead atoms. The summed E-state index contributed by atoms with van der Waals surface area (Å²) in [6.45, 7) is 7.69. The van der Waals surface area contributed by atoms with E-state index in [4.69, 9.17) is 42.4 Å². The largest absolute Gasteiger partial charge is 0.491 e. The fraction of sp³-hybridized carbons (Fsp3) is 0.242. The SMILES string of the molecule is CCOC(=O)C1=C(C)N=c2s/c(=C\c3cc(Br)cc(Br)c3OCc3ccc(Cl)cc3Cl)c(=O)n2[C@@H]1c1ccccc1OC(C)C. The molecule has 2 heterocycles. The van der Waals surface area contributed by atoms with Crippen molar-refractivity contribution in [1.29, 1.82) is 0 Å². The highest BCUT2D eigenvalue weighted by Crippen LogP contribution is 2.37. The Morgan fingerprint density at radius 2 is 1.89 bits per heavy atom. The Kier molecular flexibility index (Phi) is 10.6. The Balaban J connectivity index is 1.67. The molecular formula is C33H28Br2Cl2N2O5S. The zero-order chi connectivity index (χ0) is 32.4. The van der Waals surface area contributed by atoms with Crippen molar-refractivity contribution in [2.24, 2.45) is 4.99 Å². The first-order chi connectivity index (χ1) is 21.5. The molecule has 45 heavy (non-hydrogen) atoms. The Hall–Kier alpha value is -2.89. The predicted octanol–water partition coefficient (Wildman–Crippen LogP) is 8.00. The fourth-order valence-corrected chi connectivity index (χ4v) is 7.80. The summed E-state index contributed by atoms with van der Waals surface area (Å²) >= 11 is 20.8. The number of hydrogen-bond donors (Lipinski definition) is 0. The highest BCUT2D eigenvalue weighted by atomic mass is 79.9. The maximum atomic E-state index is 14.3. The summed E-state index contributed by atoms with van der Waals surface area (Å²) in [5.74, 6) is 0.548. The zero-order valence-corrected chi connectivity index (χ0v) is 30.2. The first-order valence-corrected chi connectivity index (χ1v) is 17.1. The third-order valence-electron chi connectivity index (χ3n) is 6.80. The maximum absolute atomic E-state index is 14.3. The number of allylic oxidation sites excluding steroid dienone is 1. The lowest BCUT2D eigenvalue weighted by Gasteiger charge is -2.26. The quantitative estimate of drug-likeness (QED) is 0.161. The number of carbonyl (C=O) groups excluding carboxylic acids is 1. The van der Waals surface area contributed by atoms with E-state index < -0.39 is 12.0 Å². The Labute approximate surface area is 291 Å². The van der Waals surface area contributed by atoms with Gasteiger partial charge in [0.2, 0.25) is 0 Å². The number of rotatable bonds is 9. The molecule has 0 unspecified atom stereocenters. The van der Waals surface area contributed by atoms with E-state index in [0.717, 1.165) is 10.0 Å². The highest BCUT2D eigenvalue weighted by Gasteiger charge is 2.35. The number of carbonyl (C=O) groups is 1. The van der Waals surface area contributed by atoms with Gasteiger partial charge >= 0.3 is 5.97 Å². The lowest BCUT2D eigenvalue weighted by atomic mass is 9.95. The number of fused-ring (bicyclic) bond motifs is 1. The maximum Gasteiger partial charge on any atom is 0.338 e. The van der Waals surface area contributed by atoms with Crippen LogP contribution in [0.4, 0.5) is 0 Å². The topological polar surface area (TPSA) is 79.1 Å². The smallest absolute Gasteiger partial charge is 0.338 e. The van der Waals surface area contributed by atoms with Gasteiger partial charge in [0.05, 0.1) is 33.0 Å². The number of halogens is 4. The Morgan fingerprint density at radius 3 is 2.60 bits per heavy atom. The van der Waals surface area contributed by atoms with Gasteiger partial charge in [-0.15, -0.1) is 0 Å². The van der Waals surface area contributed by atoms with Gasteiger partial charge in [0.1, 0.15) is 24.1 Å². The molecule has 0 N–H and O–H groups in total. The van der Waals surface area contributed by atoms with Crippen LogP contribution in [0.3, 0.4) is 0 Å². The van der Waals surface area contributed by atoms with Gasteiger partial charge in [-0.1, -0.05) is 74.7 Å². The molecule has 5 rings (SSSR count). The molecule has 0 radical (unpaired) electrons. The lowest BCUT2D eigenvalue weighted by molar-refractivity contribution is -0.139. The van der Waals surface area contributed by atoms with Crippen LogP contribution in [0.2, 0.25) is 10.0 Å². The van der Waals surface area contributed by atoms with E-state index in [0.29, 0.717) is 52.2 Å². The van der Waals surface area contributed by atoms with E-state index >= 15 is 0 Å². The summed E-state index contributed by atoms with van der Waals surface area (Å²) in [5.41, 5.74) is 2.49. The van der Waals surface area contributed by atoms with Crippen LogP contribution < -0.4 is 24.4 Å². The van der Waals surface area contributed by atoms with Gasteiger partial charge < -0.3 is 14.2 Å². The van der Waals surface area contributed by atoms with Gasteiger partial charge in [0.25, 0.3) is 5.56 Å². The van der Waals surface area contributed by atoms with Crippen LogP contribution >= 0.6 is 66.4 Å². The number of hydrogen-bond acceptors (Lipinski definition) is 7. The van der Waals surface area contributed by atoms with Gasteiger partial charge in [0, 0.05) is 31.2 Å². The molecule has 3 aromatic carbocycles. The second kappa shape index (κ2) is 14.3. The van der Waals surface area contributed by atoms with Gasteiger partial charge in [-0.2, -0.15) is 0 Å². The van der Waals surface area contributed by atoms with Gasteiger partial charge in [-0.25, -0.2) is 9.79 Å². The van der Waals surface area contributed by atoms with Crippen molar-refractivity contribution in [3.63, 3.8) is 0 Å². The van der Waals surface area contributed by atoms with Crippen molar-refractivity contribution in [3.05, 3.63) is 121 Å². The predicted molar refractivity (Wildman–Crippen MR) is 185 cm³/mol. The van der Waals surface area contributed by atoms with Crippen LogP contribution in [0.25, 0.3) is 6.08 Å². The van der Waals surface area contributed by atoms with E-state index in [1.54, 1.807) is 42.7 Å². The standard InChI is InChI=1S/C33H28Br2Cl2N2O5S/c1-5-42-32(41)28-18(4)38-33-39(29(28)23-8-6-7-9-26(23)44-17(2)3)31(40)27(45-33)13-20-12-21(34)14-24(35)30(20)43-16-19-10-11-22(36)15-25(19)37/h6-15,17,29H,5,16H2,1-4H3/b27-13-/t29-/m1/s1. The van der Waals surface area contributed by atoms with E-state index in [-0.39, 0.29) is 30.5 Å². The van der Waals surface area contributed by atoms with Crippen LogP contribution in [0.1, 0.15) is 50.4 Å². The molecule has 4 aromatic rings. The number of benzene rings is 3. The summed E-state index contributed by atoms with van der Waals surface area (Å²) in [7, 11) is 0. The molecule has 0 aliphatic carbocycles. The Morgan fingerprint density at radius 1 is 1.13 bits per heavy atom. The summed E-state index contributed by atoms with van der Waals surface area (Å²) in [5, 5.41) is 1.02. The van der Waals surface area contributed by atoms with Crippen molar-refractivity contribution < 1.29 is 19.0 Å². The van der Waals surface area contributed by atoms with Crippen molar-refractivity contribution >= 4 is 78.4 Å². The fourth-order valence-electron chi connectivity index (χ4n) is 4.92. The number of nitrogens with zero attached hydrogens (tertiary/aromatic N) is 2. The molecule has 0 fully saturated rings. The molecule has 1 aliphatic rings. The number of thiazole rings is 1. The molecule has 1 aromatic heterocycles. The monoisotopic (exact) mass is 792 g/mol. The lowest BCUT2D eigenvalue weighted by Crippen LogP contribution is -2.40. The molecular weight excluding hydrogens is 767 g/mol. The molecule has 0 saturated carbocycles. The molecule has 1 atom stereocenters. The van der Waals surface area contributed by atoms with Gasteiger partial charge in [-0.05, 0) is 80.0 Å². The molecule has 12 heteroatoms. The van der Waals surface area contributed by atoms with Crippen molar-refractivity contribution in [1.82, 2.24) is 4.57 Å². The molecule has 0 amide bonds. The van der Waals surface area contributed by atoms with Crippen LogP contribution in [-0.2, 0) is 16.1 Å². The number of aromatic nitrogens is 1. The van der Waals surface area contributed by atoms with E-state index in [9.17, 15) is 9.59 Å². The van der Waals surface area contributed by atoms with Crippen molar-refractivity contribution in [2.45, 2.75) is 46.4 Å². The van der Waals surface area contributed by atoms with E-state index in [1.807, 2.05) is 50.2 Å². The number of esters is 1. The van der Waals surface area contributed by atoms with Crippen LogP contribution in [0.5, 0.6) is 11.5 Å². The molecule has 0 spiro atoms. The zero-order valence-electron chi connectivity index (χ0n) is 24.7. The minimum atomic E-state index is -0.811. The summed E-state index contributed by atoms with van der Waals surface area (Å²) in [6, 6.07) is 15.5. The van der Waals surface area contributed by atoms with Crippen LogP contribution in [0, 0.1) is 0 Å².